The summed E-state index contributed by atoms with van der Waals surface area (Å²) in [4.78, 5) is 27.6. The molecule has 0 aromatic carbocycles. The van der Waals surface area contributed by atoms with Gasteiger partial charge in [-0.05, 0) is 30.3 Å². The van der Waals surface area contributed by atoms with Crippen LogP contribution in [-0.4, -0.2) is 30.9 Å². The fraction of sp³-hybridized carbons (Fsp3) is 0.100. The summed E-state index contributed by atoms with van der Waals surface area (Å²) in [6.45, 7) is 1.31. The van der Waals surface area contributed by atoms with Crippen molar-refractivity contribution < 1.29 is 9.90 Å². The Morgan fingerprint density at radius 3 is 2.68 bits per heavy atom. The van der Waals surface area contributed by atoms with Gasteiger partial charge in [0.2, 0.25) is 5.91 Å². The molecule has 0 unspecified atom stereocenters. The monoisotopic (exact) mass is 393 g/mol. The average Bonchev–Trinajstić information content (AvgIpc) is 3.08. The Morgan fingerprint density at radius 1 is 1.14 bits per heavy atom. The van der Waals surface area contributed by atoms with Crippen LogP contribution in [0.1, 0.15) is 12.5 Å². The van der Waals surface area contributed by atoms with Gasteiger partial charge in [-0.2, -0.15) is 0 Å². The highest BCUT2D eigenvalue weighted by molar-refractivity contribution is 6.29. The van der Waals surface area contributed by atoms with E-state index in [0.717, 1.165) is 33.5 Å². The lowest BCUT2D eigenvalue weighted by molar-refractivity contribution is -0.114. The van der Waals surface area contributed by atoms with Crippen molar-refractivity contribution in [3.8, 4) is 22.4 Å². The largest absolute Gasteiger partial charge is 0.392 e. The molecule has 4 aromatic heterocycles. The van der Waals surface area contributed by atoms with E-state index in [1.165, 1.54) is 6.92 Å². The number of rotatable bonds is 4. The summed E-state index contributed by atoms with van der Waals surface area (Å²) >= 11 is 5.95. The lowest BCUT2D eigenvalue weighted by Gasteiger charge is -2.07. The van der Waals surface area contributed by atoms with Gasteiger partial charge in [-0.25, -0.2) is 9.97 Å². The summed E-state index contributed by atoms with van der Waals surface area (Å²) in [7, 11) is 0. The number of aromatic amines is 1. The molecule has 3 N–H and O–H groups in total. The van der Waals surface area contributed by atoms with Crippen molar-refractivity contribution in [2.45, 2.75) is 13.5 Å². The van der Waals surface area contributed by atoms with Gasteiger partial charge >= 0.3 is 0 Å². The van der Waals surface area contributed by atoms with Crippen LogP contribution in [0.5, 0.6) is 0 Å². The van der Waals surface area contributed by atoms with E-state index in [1.54, 1.807) is 36.8 Å². The van der Waals surface area contributed by atoms with Gasteiger partial charge in [0.15, 0.2) is 0 Å². The highest BCUT2D eigenvalue weighted by atomic mass is 35.5. The van der Waals surface area contributed by atoms with Crippen molar-refractivity contribution in [3.05, 3.63) is 59.6 Å². The van der Waals surface area contributed by atoms with E-state index in [0.29, 0.717) is 16.5 Å². The minimum atomic E-state index is -0.201. The Balaban J connectivity index is 1.98. The van der Waals surface area contributed by atoms with Crippen LogP contribution in [0.25, 0.3) is 33.4 Å². The summed E-state index contributed by atoms with van der Waals surface area (Å²) in [5.41, 5.74) is 5.43. The number of nitrogens with one attached hydrogen (secondary N) is 2. The Hall–Kier alpha value is -3.29. The van der Waals surface area contributed by atoms with Gasteiger partial charge in [0.25, 0.3) is 0 Å². The minimum Gasteiger partial charge on any atom is -0.392 e. The van der Waals surface area contributed by atoms with E-state index in [9.17, 15) is 9.90 Å². The molecule has 140 valence electrons. The highest BCUT2D eigenvalue weighted by Crippen LogP contribution is 2.38. The standard InChI is InChI=1S/C20H16ClN5O2/c1-11(28)25-16-8-12(4-6-22-16)18-17(13-2-3-15(21)24-9-13)20-19(26-18)14(10-27)5-7-23-20/h2-9,26-27H,10H2,1H3,(H,22,25,28). The van der Waals surface area contributed by atoms with E-state index >= 15 is 0 Å². The van der Waals surface area contributed by atoms with E-state index < -0.39 is 0 Å². The predicted molar refractivity (Wildman–Crippen MR) is 108 cm³/mol. The third kappa shape index (κ3) is 3.33. The topological polar surface area (TPSA) is 104 Å². The van der Waals surface area contributed by atoms with Crippen molar-refractivity contribution in [2.75, 3.05) is 5.32 Å². The number of fused-ring (bicyclic) bond motifs is 1. The lowest BCUT2D eigenvalue weighted by atomic mass is 10.0. The lowest BCUT2D eigenvalue weighted by Crippen LogP contribution is -2.07. The van der Waals surface area contributed by atoms with Gasteiger partial charge in [0, 0.05) is 47.8 Å². The number of halogens is 1. The van der Waals surface area contributed by atoms with Crippen LogP contribution in [0.15, 0.2) is 48.9 Å². The third-order valence-corrected chi connectivity index (χ3v) is 4.54. The number of aliphatic hydroxyl groups is 1. The maximum absolute atomic E-state index is 11.4. The summed E-state index contributed by atoms with van der Waals surface area (Å²) in [5, 5.41) is 12.8. The molecule has 0 saturated heterocycles. The second-order valence-electron chi connectivity index (χ2n) is 6.21. The van der Waals surface area contributed by atoms with Gasteiger partial charge in [0.1, 0.15) is 11.0 Å². The zero-order chi connectivity index (χ0) is 19.7. The normalized spacial score (nSPS) is 11.0. The van der Waals surface area contributed by atoms with Gasteiger partial charge in [0.05, 0.1) is 23.3 Å². The second kappa shape index (κ2) is 7.38. The summed E-state index contributed by atoms with van der Waals surface area (Å²) < 4.78 is 0. The maximum Gasteiger partial charge on any atom is 0.222 e. The molecular weight excluding hydrogens is 378 g/mol. The minimum absolute atomic E-state index is 0.120. The molecule has 0 aliphatic rings. The third-order valence-electron chi connectivity index (χ3n) is 4.31. The fourth-order valence-corrected chi connectivity index (χ4v) is 3.24. The van der Waals surface area contributed by atoms with Crippen LogP contribution in [0.2, 0.25) is 5.15 Å². The maximum atomic E-state index is 11.4. The van der Waals surface area contributed by atoms with Crippen LogP contribution < -0.4 is 5.32 Å². The summed E-state index contributed by atoms with van der Waals surface area (Å²) in [6.07, 6.45) is 4.96. The SMILES string of the molecule is CC(=O)Nc1cc(-c2[nH]c3c(CO)ccnc3c2-c2ccc(Cl)nc2)ccn1. The Bertz CT molecular complexity index is 1170. The Morgan fingerprint density at radius 2 is 1.96 bits per heavy atom. The second-order valence-corrected chi connectivity index (χ2v) is 6.59. The average molecular weight is 394 g/mol. The molecule has 0 fully saturated rings. The van der Waals surface area contributed by atoms with Crippen molar-refractivity contribution in [2.24, 2.45) is 0 Å². The molecule has 4 heterocycles. The number of aromatic nitrogens is 4. The van der Waals surface area contributed by atoms with Crippen LogP contribution in [-0.2, 0) is 11.4 Å². The predicted octanol–water partition coefficient (Wildman–Crippen LogP) is 3.79. The number of aliphatic hydroxyl groups excluding tert-OH is 1. The van der Waals surface area contributed by atoms with Gasteiger partial charge in [-0.3, -0.25) is 9.78 Å². The van der Waals surface area contributed by atoms with Gasteiger partial charge < -0.3 is 15.4 Å². The molecule has 0 aliphatic heterocycles. The van der Waals surface area contributed by atoms with Crippen molar-refractivity contribution >= 4 is 34.4 Å². The number of carbonyl (C=O) groups excluding carboxylic acids is 1. The molecule has 0 saturated carbocycles. The number of nitrogens with zero attached hydrogens (tertiary/aromatic N) is 3. The van der Waals surface area contributed by atoms with E-state index in [1.807, 2.05) is 12.1 Å². The molecule has 8 heteroatoms. The molecule has 0 bridgehead atoms. The van der Waals surface area contributed by atoms with Crippen LogP contribution >= 0.6 is 11.6 Å². The molecule has 1 amide bonds. The van der Waals surface area contributed by atoms with Crippen LogP contribution in [0.3, 0.4) is 0 Å². The molecule has 0 spiro atoms. The van der Waals surface area contributed by atoms with Crippen molar-refractivity contribution in [1.29, 1.82) is 0 Å². The molecule has 0 atom stereocenters. The molecule has 7 nitrogen and oxygen atoms in total. The number of anilines is 1. The summed E-state index contributed by atoms with van der Waals surface area (Å²) in [5.74, 6) is 0.242. The van der Waals surface area contributed by atoms with E-state index in [-0.39, 0.29) is 12.5 Å². The number of carbonyl (C=O) groups is 1. The summed E-state index contributed by atoms with van der Waals surface area (Å²) in [6, 6.07) is 8.95. The number of hydrogen-bond acceptors (Lipinski definition) is 5. The molecule has 0 radical (unpaired) electrons. The van der Waals surface area contributed by atoms with Crippen molar-refractivity contribution in [1.82, 2.24) is 19.9 Å². The van der Waals surface area contributed by atoms with Crippen LogP contribution in [0.4, 0.5) is 5.82 Å². The smallest absolute Gasteiger partial charge is 0.222 e. The first-order valence-corrected chi connectivity index (χ1v) is 8.91. The van der Waals surface area contributed by atoms with Gasteiger partial charge in [-0.1, -0.05) is 11.6 Å². The van der Waals surface area contributed by atoms with Crippen LogP contribution in [0, 0.1) is 0 Å². The quantitative estimate of drug-likeness (QED) is 0.457. The van der Waals surface area contributed by atoms with Crippen molar-refractivity contribution in [3.63, 3.8) is 0 Å². The zero-order valence-corrected chi connectivity index (χ0v) is 15.7. The molecule has 0 aliphatic carbocycles. The first-order valence-electron chi connectivity index (χ1n) is 8.53. The van der Waals surface area contributed by atoms with E-state index in [2.05, 4.69) is 25.3 Å². The van der Waals surface area contributed by atoms with Gasteiger partial charge in [-0.15, -0.1) is 0 Å². The highest BCUT2D eigenvalue weighted by Gasteiger charge is 2.19. The number of H-pyrrole nitrogens is 1. The van der Waals surface area contributed by atoms with E-state index in [4.69, 9.17) is 11.6 Å². The Kier molecular flexibility index (Phi) is 4.77. The molecular formula is C20H16ClN5O2. The molecule has 28 heavy (non-hydrogen) atoms. The number of amides is 1. The first-order chi connectivity index (χ1) is 13.6. The first kappa shape index (κ1) is 18.1. The number of pyridine rings is 3. The molecule has 4 aromatic rings. The number of hydrogen-bond donors (Lipinski definition) is 3. The Labute approximate surface area is 165 Å². The molecule has 4 rings (SSSR count). The zero-order valence-electron chi connectivity index (χ0n) is 14.9. The fourth-order valence-electron chi connectivity index (χ4n) is 3.12.